The molecule has 1 aliphatic rings. The number of nitrogens with one attached hydrogen (secondary N) is 2. The Kier molecular flexibility index (Phi) is 8.16. The summed E-state index contributed by atoms with van der Waals surface area (Å²) in [4.78, 5) is 12.6. The lowest BCUT2D eigenvalue weighted by molar-refractivity contribution is -0.116. The second-order valence-electron chi connectivity index (χ2n) is 6.21. The van der Waals surface area contributed by atoms with E-state index in [0.29, 0.717) is 17.7 Å². The van der Waals surface area contributed by atoms with Gasteiger partial charge in [0, 0.05) is 36.2 Å². The summed E-state index contributed by atoms with van der Waals surface area (Å²) in [5, 5.41) is 6.21. The van der Waals surface area contributed by atoms with Crippen molar-refractivity contribution in [3.8, 4) is 0 Å². The molecule has 0 spiro atoms. The van der Waals surface area contributed by atoms with Crippen molar-refractivity contribution in [2.75, 3.05) is 23.4 Å². The van der Waals surface area contributed by atoms with Crippen molar-refractivity contribution in [3.05, 3.63) is 60.2 Å². The van der Waals surface area contributed by atoms with Gasteiger partial charge in [0.1, 0.15) is 0 Å². The Labute approximate surface area is 170 Å². The Morgan fingerprint density at radius 3 is 2.52 bits per heavy atom. The van der Waals surface area contributed by atoms with E-state index >= 15 is 0 Å². The minimum absolute atomic E-state index is 0. The Bertz CT molecular complexity index is 854. The monoisotopic (exact) mass is 426 g/mol. The van der Waals surface area contributed by atoms with Crippen LogP contribution in [0, 0.1) is 0 Å². The molecule has 0 saturated carbocycles. The Balaban J connectivity index is 0.00000261. The van der Waals surface area contributed by atoms with Gasteiger partial charge < -0.3 is 10.6 Å². The lowest BCUT2D eigenvalue weighted by Gasteiger charge is -2.22. The Morgan fingerprint density at radius 1 is 1.11 bits per heavy atom. The first kappa shape index (κ1) is 21.8. The van der Waals surface area contributed by atoms with Crippen LogP contribution in [0.1, 0.15) is 12.0 Å². The maximum absolute atomic E-state index is 12.6. The third-order valence-corrected chi connectivity index (χ3v) is 6.98. The minimum atomic E-state index is -3.47. The maximum atomic E-state index is 12.6. The van der Waals surface area contributed by atoms with Crippen LogP contribution in [0.5, 0.6) is 0 Å². The van der Waals surface area contributed by atoms with Crippen molar-refractivity contribution >= 4 is 45.6 Å². The van der Waals surface area contributed by atoms with Crippen molar-refractivity contribution in [2.24, 2.45) is 0 Å². The van der Waals surface area contributed by atoms with E-state index in [1.807, 2.05) is 11.8 Å². The van der Waals surface area contributed by atoms with Crippen LogP contribution in [-0.2, 0) is 20.4 Å². The molecule has 1 heterocycles. The molecule has 1 saturated heterocycles. The zero-order chi connectivity index (χ0) is 18.4. The highest BCUT2D eigenvalue weighted by molar-refractivity contribution is 7.99. The fourth-order valence-corrected chi connectivity index (χ4v) is 5.21. The molecule has 2 aromatic carbocycles. The molecule has 8 heteroatoms. The van der Waals surface area contributed by atoms with E-state index in [1.54, 1.807) is 54.6 Å². The van der Waals surface area contributed by atoms with Gasteiger partial charge in [-0.05, 0) is 23.8 Å². The number of para-hydroxylation sites is 1. The van der Waals surface area contributed by atoms with Gasteiger partial charge in [-0.25, -0.2) is 8.42 Å². The van der Waals surface area contributed by atoms with Crippen LogP contribution in [0.3, 0.4) is 0 Å². The highest BCUT2D eigenvalue weighted by Gasteiger charge is 2.20. The Morgan fingerprint density at radius 2 is 1.81 bits per heavy atom. The molecule has 0 bridgehead atoms. The molecular weight excluding hydrogens is 404 g/mol. The molecule has 146 valence electrons. The first-order valence-corrected chi connectivity index (χ1v) is 11.3. The molecule has 5 nitrogen and oxygen atoms in total. The number of amides is 1. The lowest BCUT2D eigenvalue weighted by Crippen LogP contribution is -2.40. The summed E-state index contributed by atoms with van der Waals surface area (Å²) in [6.07, 6.45) is 0.382. The number of rotatable bonds is 6. The minimum Gasteiger partial charge on any atom is -0.326 e. The summed E-state index contributed by atoms with van der Waals surface area (Å²) in [6.45, 7) is 0.911. The average Bonchev–Trinajstić information content (AvgIpc) is 2.65. The molecule has 1 unspecified atom stereocenters. The molecule has 2 aromatic rings. The second-order valence-corrected chi connectivity index (χ2v) is 9.35. The Hall–Kier alpha value is -1.54. The average molecular weight is 427 g/mol. The predicted octanol–water partition coefficient (Wildman–Crippen LogP) is 3.12. The molecule has 0 aromatic heterocycles. The maximum Gasteiger partial charge on any atom is 0.225 e. The van der Waals surface area contributed by atoms with Crippen LogP contribution in [0.15, 0.2) is 59.5 Å². The summed E-state index contributed by atoms with van der Waals surface area (Å²) in [5.41, 5.74) is 1.15. The van der Waals surface area contributed by atoms with Gasteiger partial charge in [-0.3, -0.25) is 4.79 Å². The van der Waals surface area contributed by atoms with Gasteiger partial charge in [0.25, 0.3) is 0 Å². The van der Waals surface area contributed by atoms with E-state index in [4.69, 9.17) is 0 Å². The number of benzene rings is 2. The number of halogens is 1. The molecule has 1 fully saturated rings. The SMILES string of the molecule is Cl.O=C(CC1CSCCN1)Nc1ccccc1CS(=O)(=O)c1ccccc1. The van der Waals surface area contributed by atoms with Crippen molar-refractivity contribution in [2.45, 2.75) is 23.1 Å². The molecule has 2 N–H and O–H groups in total. The van der Waals surface area contributed by atoms with Gasteiger partial charge in [0.15, 0.2) is 9.84 Å². The third-order valence-electron chi connectivity index (χ3n) is 4.17. The summed E-state index contributed by atoms with van der Waals surface area (Å²) < 4.78 is 25.3. The van der Waals surface area contributed by atoms with Crippen molar-refractivity contribution in [1.29, 1.82) is 0 Å². The predicted molar refractivity (Wildman–Crippen MR) is 113 cm³/mol. The number of hydrogen-bond donors (Lipinski definition) is 2. The van der Waals surface area contributed by atoms with Crippen LogP contribution < -0.4 is 10.6 Å². The molecule has 0 aliphatic carbocycles. The summed E-state index contributed by atoms with van der Waals surface area (Å²) >= 11 is 1.84. The number of hydrogen-bond acceptors (Lipinski definition) is 5. The topological polar surface area (TPSA) is 75.3 Å². The van der Waals surface area contributed by atoms with E-state index in [2.05, 4.69) is 10.6 Å². The lowest BCUT2D eigenvalue weighted by atomic mass is 10.1. The van der Waals surface area contributed by atoms with Crippen molar-refractivity contribution < 1.29 is 13.2 Å². The van der Waals surface area contributed by atoms with Crippen molar-refractivity contribution in [3.63, 3.8) is 0 Å². The first-order valence-electron chi connectivity index (χ1n) is 8.51. The molecule has 0 radical (unpaired) electrons. The molecule has 3 rings (SSSR count). The second kappa shape index (κ2) is 10.1. The van der Waals surface area contributed by atoms with Crippen LogP contribution >= 0.6 is 24.2 Å². The zero-order valence-electron chi connectivity index (χ0n) is 14.8. The van der Waals surface area contributed by atoms with Gasteiger partial charge >= 0.3 is 0 Å². The highest BCUT2D eigenvalue weighted by Crippen LogP contribution is 2.22. The summed E-state index contributed by atoms with van der Waals surface area (Å²) in [5.74, 6) is 1.73. The molecule has 1 amide bonds. The van der Waals surface area contributed by atoms with Crippen LogP contribution in [0.2, 0.25) is 0 Å². The van der Waals surface area contributed by atoms with E-state index in [9.17, 15) is 13.2 Å². The van der Waals surface area contributed by atoms with E-state index in [-0.39, 0.29) is 35.0 Å². The van der Waals surface area contributed by atoms with Gasteiger partial charge in [-0.15, -0.1) is 12.4 Å². The smallest absolute Gasteiger partial charge is 0.225 e. The number of thioether (sulfide) groups is 1. The fourth-order valence-electron chi connectivity index (χ4n) is 2.86. The largest absolute Gasteiger partial charge is 0.326 e. The van der Waals surface area contributed by atoms with E-state index in [0.717, 1.165) is 18.1 Å². The van der Waals surface area contributed by atoms with Crippen molar-refractivity contribution in [1.82, 2.24) is 5.32 Å². The van der Waals surface area contributed by atoms with Crippen LogP contribution in [-0.4, -0.2) is 38.4 Å². The van der Waals surface area contributed by atoms with Gasteiger partial charge in [-0.1, -0.05) is 36.4 Å². The molecule has 27 heavy (non-hydrogen) atoms. The highest BCUT2D eigenvalue weighted by atomic mass is 35.5. The third kappa shape index (κ3) is 6.24. The molecular formula is C19H23ClN2O3S2. The standard InChI is InChI=1S/C19H22N2O3S2.ClH/c22-19(12-16-13-25-11-10-20-16)21-18-9-5-4-6-15(18)14-26(23,24)17-7-2-1-3-8-17;/h1-9,16,20H,10-14H2,(H,21,22);1H. The molecule has 1 atom stereocenters. The summed E-state index contributed by atoms with van der Waals surface area (Å²) in [7, 11) is -3.47. The zero-order valence-corrected chi connectivity index (χ0v) is 17.2. The number of sulfone groups is 1. The fraction of sp³-hybridized carbons (Fsp3) is 0.316. The van der Waals surface area contributed by atoms with E-state index in [1.165, 1.54) is 0 Å². The van der Waals surface area contributed by atoms with Gasteiger partial charge in [0.2, 0.25) is 5.91 Å². The van der Waals surface area contributed by atoms with E-state index < -0.39 is 9.84 Å². The van der Waals surface area contributed by atoms with Crippen LogP contribution in [0.25, 0.3) is 0 Å². The van der Waals surface area contributed by atoms with Crippen LogP contribution in [0.4, 0.5) is 5.69 Å². The quantitative estimate of drug-likeness (QED) is 0.742. The number of carbonyl (C=O) groups excluding carboxylic acids is 1. The number of anilines is 1. The normalized spacial score (nSPS) is 17.0. The molecule has 1 aliphatic heterocycles. The van der Waals surface area contributed by atoms with Gasteiger partial charge in [-0.2, -0.15) is 11.8 Å². The first-order chi connectivity index (χ1) is 12.5. The summed E-state index contributed by atoms with van der Waals surface area (Å²) in [6, 6.07) is 15.6. The van der Waals surface area contributed by atoms with Gasteiger partial charge in [0.05, 0.1) is 10.6 Å². The number of carbonyl (C=O) groups is 1.